The van der Waals surface area contributed by atoms with Crippen LogP contribution in [0.2, 0.25) is 0 Å². The molecule has 2 aromatic carbocycles. The average molecular weight is 329 g/mol. The van der Waals surface area contributed by atoms with Crippen molar-refractivity contribution in [1.82, 2.24) is 5.32 Å². The lowest BCUT2D eigenvalue weighted by atomic mass is 10.0. The molecule has 3 nitrogen and oxygen atoms in total. The zero-order valence-corrected chi connectivity index (χ0v) is 14.1. The fourth-order valence-electron chi connectivity index (χ4n) is 3.14. The Morgan fingerprint density at radius 3 is 2.57 bits per heavy atom. The van der Waals surface area contributed by atoms with Gasteiger partial charge in [0.1, 0.15) is 0 Å². The number of benzene rings is 2. The molecule has 122 valence electrons. The highest BCUT2D eigenvalue weighted by Crippen LogP contribution is 2.20. The van der Waals surface area contributed by atoms with Crippen LogP contribution in [0.1, 0.15) is 18.4 Å². The van der Waals surface area contributed by atoms with Crippen LogP contribution in [-0.4, -0.2) is 32.5 Å². The summed E-state index contributed by atoms with van der Waals surface area (Å²) in [6.45, 7) is 0.818. The normalized spacial score (nSPS) is 20.3. The molecule has 1 unspecified atom stereocenters. The summed E-state index contributed by atoms with van der Waals surface area (Å²) in [5.74, 6) is 0.640. The minimum absolute atomic E-state index is 0.117. The minimum Gasteiger partial charge on any atom is -0.313 e. The van der Waals surface area contributed by atoms with Gasteiger partial charge in [-0.1, -0.05) is 54.6 Å². The van der Waals surface area contributed by atoms with E-state index >= 15 is 0 Å². The Labute approximate surface area is 138 Å². The van der Waals surface area contributed by atoms with Crippen molar-refractivity contribution in [1.29, 1.82) is 0 Å². The maximum Gasteiger partial charge on any atom is 0.151 e. The van der Waals surface area contributed by atoms with Crippen molar-refractivity contribution < 1.29 is 8.42 Å². The molecule has 0 saturated carbocycles. The Morgan fingerprint density at radius 2 is 1.78 bits per heavy atom. The van der Waals surface area contributed by atoms with E-state index in [1.165, 1.54) is 16.7 Å². The first-order valence-corrected chi connectivity index (χ1v) is 10.0. The maximum atomic E-state index is 11.7. The van der Waals surface area contributed by atoms with E-state index < -0.39 is 9.84 Å². The number of nitrogens with one attached hydrogen (secondary N) is 1. The van der Waals surface area contributed by atoms with E-state index in [1.807, 2.05) is 18.2 Å². The Morgan fingerprint density at radius 1 is 1.00 bits per heavy atom. The average Bonchev–Trinajstić information content (AvgIpc) is 2.55. The highest BCUT2D eigenvalue weighted by atomic mass is 32.2. The third kappa shape index (κ3) is 4.66. The molecule has 0 bridgehead atoms. The van der Waals surface area contributed by atoms with Gasteiger partial charge in [0.15, 0.2) is 9.84 Å². The highest BCUT2D eigenvalue weighted by molar-refractivity contribution is 7.91. The number of hydrogen-bond acceptors (Lipinski definition) is 3. The van der Waals surface area contributed by atoms with Crippen LogP contribution in [0.3, 0.4) is 0 Å². The van der Waals surface area contributed by atoms with Crippen LogP contribution >= 0.6 is 0 Å². The molecule has 1 heterocycles. The minimum atomic E-state index is -2.83. The molecule has 0 radical (unpaired) electrons. The van der Waals surface area contributed by atoms with Crippen LogP contribution in [0, 0.1) is 0 Å². The lowest BCUT2D eigenvalue weighted by molar-refractivity contribution is 0.483. The second-order valence-electron chi connectivity index (χ2n) is 6.22. The van der Waals surface area contributed by atoms with Crippen molar-refractivity contribution >= 4 is 9.84 Å². The van der Waals surface area contributed by atoms with Crippen LogP contribution in [-0.2, 0) is 16.3 Å². The van der Waals surface area contributed by atoms with Crippen molar-refractivity contribution in [3.63, 3.8) is 0 Å². The monoisotopic (exact) mass is 329 g/mol. The van der Waals surface area contributed by atoms with Gasteiger partial charge in [-0.3, -0.25) is 0 Å². The van der Waals surface area contributed by atoms with Crippen LogP contribution in [0.4, 0.5) is 0 Å². The maximum absolute atomic E-state index is 11.7. The zero-order chi connectivity index (χ0) is 16.1. The summed E-state index contributed by atoms with van der Waals surface area (Å²) in [7, 11) is -2.83. The first-order valence-electron chi connectivity index (χ1n) is 8.21. The highest BCUT2D eigenvalue weighted by Gasteiger charge is 2.23. The summed E-state index contributed by atoms with van der Waals surface area (Å²) in [6.07, 6.45) is 2.66. The summed E-state index contributed by atoms with van der Waals surface area (Å²) >= 11 is 0. The van der Waals surface area contributed by atoms with E-state index in [1.54, 1.807) is 0 Å². The van der Waals surface area contributed by atoms with Gasteiger partial charge < -0.3 is 5.32 Å². The summed E-state index contributed by atoms with van der Waals surface area (Å²) in [5, 5.41) is 3.41. The number of hydrogen-bond donors (Lipinski definition) is 1. The predicted octanol–water partition coefficient (Wildman–Crippen LogP) is 3.06. The Kier molecular flexibility index (Phi) is 5.13. The fourth-order valence-corrected chi connectivity index (χ4v) is 4.81. The van der Waals surface area contributed by atoms with E-state index in [2.05, 4.69) is 41.7 Å². The lowest BCUT2D eigenvalue weighted by Crippen LogP contribution is -2.40. The first-order chi connectivity index (χ1) is 11.1. The van der Waals surface area contributed by atoms with Gasteiger partial charge in [0.05, 0.1) is 11.5 Å². The van der Waals surface area contributed by atoms with Crippen molar-refractivity contribution in [3.05, 3.63) is 60.2 Å². The van der Waals surface area contributed by atoms with Gasteiger partial charge in [-0.25, -0.2) is 8.42 Å². The second kappa shape index (κ2) is 7.28. The number of sulfone groups is 1. The summed E-state index contributed by atoms with van der Waals surface area (Å²) in [5.41, 5.74) is 3.72. The largest absolute Gasteiger partial charge is 0.313 e. The third-order valence-electron chi connectivity index (χ3n) is 4.34. The molecule has 1 fully saturated rings. The predicted molar refractivity (Wildman–Crippen MR) is 95.3 cm³/mol. The van der Waals surface area contributed by atoms with Gasteiger partial charge in [0, 0.05) is 6.04 Å². The molecule has 1 aliphatic heterocycles. The fraction of sp³-hybridized carbons (Fsp3) is 0.368. The van der Waals surface area contributed by atoms with Gasteiger partial charge in [-0.2, -0.15) is 0 Å². The van der Waals surface area contributed by atoms with Crippen LogP contribution in [0.15, 0.2) is 54.6 Å². The Balaban J connectivity index is 1.57. The Bertz CT molecular complexity index is 741. The van der Waals surface area contributed by atoms with Gasteiger partial charge in [0.25, 0.3) is 0 Å². The molecular weight excluding hydrogens is 306 g/mol. The molecule has 0 aromatic heterocycles. The lowest BCUT2D eigenvalue weighted by Gasteiger charge is -2.23. The van der Waals surface area contributed by atoms with Crippen LogP contribution in [0.25, 0.3) is 11.1 Å². The van der Waals surface area contributed by atoms with E-state index in [4.69, 9.17) is 0 Å². The van der Waals surface area contributed by atoms with Gasteiger partial charge in [-0.05, 0) is 42.5 Å². The molecule has 1 aliphatic rings. The topological polar surface area (TPSA) is 46.2 Å². The molecule has 1 N–H and O–H groups in total. The van der Waals surface area contributed by atoms with Crippen LogP contribution < -0.4 is 5.32 Å². The molecule has 1 saturated heterocycles. The zero-order valence-electron chi connectivity index (χ0n) is 13.2. The Hall–Kier alpha value is -1.65. The molecule has 23 heavy (non-hydrogen) atoms. The second-order valence-corrected chi connectivity index (χ2v) is 8.45. The first kappa shape index (κ1) is 16.2. The van der Waals surface area contributed by atoms with Crippen molar-refractivity contribution in [2.24, 2.45) is 0 Å². The summed E-state index contributed by atoms with van der Waals surface area (Å²) < 4.78 is 23.3. The van der Waals surface area contributed by atoms with Crippen molar-refractivity contribution in [3.8, 4) is 11.1 Å². The quantitative estimate of drug-likeness (QED) is 0.917. The molecule has 0 amide bonds. The molecule has 1 atom stereocenters. The number of rotatable bonds is 5. The van der Waals surface area contributed by atoms with Gasteiger partial charge >= 0.3 is 0 Å². The van der Waals surface area contributed by atoms with Gasteiger partial charge in [-0.15, -0.1) is 0 Å². The molecule has 0 spiro atoms. The summed E-state index contributed by atoms with van der Waals surface area (Å²) in [6, 6.07) is 19.0. The molecule has 4 heteroatoms. The third-order valence-corrected chi connectivity index (χ3v) is 6.16. The molecular formula is C19H23NO2S. The van der Waals surface area contributed by atoms with E-state index in [9.17, 15) is 8.42 Å². The smallest absolute Gasteiger partial charge is 0.151 e. The van der Waals surface area contributed by atoms with E-state index in [-0.39, 0.29) is 11.8 Å². The van der Waals surface area contributed by atoms with Crippen LogP contribution in [0.5, 0.6) is 0 Å². The molecule has 3 rings (SSSR count). The van der Waals surface area contributed by atoms with E-state index in [0.29, 0.717) is 5.75 Å². The van der Waals surface area contributed by atoms with Gasteiger partial charge in [0.2, 0.25) is 0 Å². The van der Waals surface area contributed by atoms with Crippen molar-refractivity contribution in [2.45, 2.75) is 25.3 Å². The standard InChI is InChI=1S/C19H23NO2S/c21-23(22)13-5-10-19(15-23)20-12-11-16-6-4-9-18(14-16)17-7-2-1-3-8-17/h1-4,6-9,14,19-20H,5,10-13,15H2. The SMILES string of the molecule is O=S1(=O)CCCC(NCCc2cccc(-c3ccccc3)c2)C1. The molecule has 2 aromatic rings. The summed E-state index contributed by atoms with van der Waals surface area (Å²) in [4.78, 5) is 0. The molecule has 0 aliphatic carbocycles. The van der Waals surface area contributed by atoms with Crippen molar-refractivity contribution in [2.75, 3.05) is 18.1 Å². The van der Waals surface area contributed by atoms with E-state index in [0.717, 1.165) is 25.8 Å².